The molecule has 6 nitrogen and oxygen atoms in total. The van der Waals surface area contributed by atoms with Crippen molar-refractivity contribution in [3.63, 3.8) is 0 Å². The molecule has 0 aliphatic carbocycles. The van der Waals surface area contributed by atoms with Crippen LogP contribution in [0, 0.1) is 0 Å². The number of aromatic nitrogens is 3. The molecule has 0 saturated carbocycles. The van der Waals surface area contributed by atoms with E-state index >= 15 is 0 Å². The van der Waals surface area contributed by atoms with Gasteiger partial charge in [0.15, 0.2) is 5.69 Å². The fraction of sp³-hybridized carbons (Fsp3) is 0.286. The molecule has 23 heavy (non-hydrogen) atoms. The maximum atomic E-state index is 12.6. The number of nitrogens with zero attached hydrogens (tertiary/aromatic N) is 3. The third-order valence-electron chi connectivity index (χ3n) is 3.08. The molecule has 0 aliphatic heterocycles. The van der Waals surface area contributed by atoms with Crippen LogP contribution in [0.2, 0.25) is 0 Å². The second-order valence-corrected chi connectivity index (χ2v) is 4.75. The van der Waals surface area contributed by atoms with Crippen molar-refractivity contribution in [3.05, 3.63) is 58.3 Å². The fourth-order valence-corrected chi connectivity index (χ4v) is 1.80. The van der Waals surface area contributed by atoms with Gasteiger partial charge in [-0.1, -0.05) is 0 Å². The summed E-state index contributed by atoms with van der Waals surface area (Å²) in [6.07, 6.45) is -1.60. The van der Waals surface area contributed by atoms with Crippen molar-refractivity contribution in [1.82, 2.24) is 20.1 Å². The predicted molar refractivity (Wildman–Crippen MR) is 74.3 cm³/mol. The van der Waals surface area contributed by atoms with Gasteiger partial charge in [0.25, 0.3) is 5.56 Å². The average molecular weight is 326 g/mol. The number of amides is 1. The van der Waals surface area contributed by atoms with Crippen LogP contribution >= 0.6 is 0 Å². The Morgan fingerprint density at radius 3 is 2.52 bits per heavy atom. The zero-order chi connectivity index (χ0) is 17.0. The largest absolute Gasteiger partial charge is 0.435 e. The van der Waals surface area contributed by atoms with Crippen molar-refractivity contribution < 1.29 is 18.0 Å². The SMILES string of the molecule is CC(C(=O)NCc1ccncc1)n1nc(C(F)(F)F)ccc1=O. The van der Waals surface area contributed by atoms with E-state index in [9.17, 15) is 22.8 Å². The Balaban J connectivity index is 2.14. The van der Waals surface area contributed by atoms with Gasteiger partial charge in [-0.2, -0.15) is 18.3 Å². The summed E-state index contributed by atoms with van der Waals surface area (Å²) in [7, 11) is 0. The molecule has 1 atom stereocenters. The molecule has 0 bridgehead atoms. The Morgan fingerprint density at radius 1 is 1.26 bits per heavy atom. The lowest BCUT2D eigenvalue weighted by Gasteiger charge is -2.15. The lowest BCUT2D eigenvalue weighted by atomic mass is 10.2. The Kier molecular flexibility index (Phi) is 4.77. The van der Waals surface area contributed by atoms with Crippen LogP contribution in [0.1, 0.15) is 24.2 Å². The molecule has 2 rings (SSSR count). The van der Waals surface area contributed by atoms with E-state index in [4.69, 9.17) is 0 Å². The molecule has 2 aromatic heterocycles. The summed E-state index contributed by atoms with van der Waals surface area (Å²) >= 11 is 0. The monoisotopic (exact) mass is 326 g/mol. The lowest BCUT2D eigenvalue weighted by molar-refractivity contribution is -0.143. The topological polar surface area (TPSA) is 76.9 Å². The first kappa shape index (κ1) is 16.7. The van der Waals surface area contributed by atoms with Gasteiger partial charge < -0.3 is 5.32 Å². The Labute approximate surface area is 129 Å². The summed E-state index contributed by atoms with van der Waals surface area (Å²) in [6.45, 7) is 1.47. The third kappa shape index (κ3) is 4.15. The molecule has 0 radical (unpaired) electrons. The number of rotatable bonds is 4. The third-order valence-corrected chi connectivity index (χ3v) is 3.08. The van der Waals surface area contributed by atoms with E-state index in [-0.39, 0.29) is 6.54 Å². The van der Waals surface area contributed by atoms with Crippen molar-refractivity contribution >= 4 is 5.91 Å². The second-order valence-electron chi connectivity index (χ2n) is 4.75. The highest BCUT2D eigenvalue weighted by Crippen LogP contribution is 2.26. The lowest BCUT2D eigenvalue weighted by Crippen LogP contribution is -2.37. The van der Waals surface area contributed by atoms with E-state index in [1.165, 1.54) is 6.92 Å². The van der Waals surface area contributed by atoms with Gasteiger partial charge in [0.2, 0.25) is 5.91 Å². The molecule has 1 unspecified atom stereocenters. The van der Waals surface area contributed by atoms with E-state index in [1.807, 2.05) is 0 Å². The molecule has 9 heteroatoms. The molecule has 122 valence electrons. The summed E-state index contributed by atoms with van der Waals surface area (Å²) < 4.78 is 38.5. The number of carbonyl (C=O) groups excluding carboxylic acids is 1. The summed E-state index contributed by atoms with van der Waals surface area (Å²) in [4.78, 5) is 27.5. The Hall–Kier alpha value is -2.71. The maximum absolute atomic E-state index is 12.6. The van der Waals surface area contributed by atoms with Gasteiger partial charge in [-0.25, -0.2) is 4.68 Å². The van der Waals surface area contributed by atoms with Crippen LogP contribution < -0.4 is 10.9 Å². The van der Waals surface area contributed by atoms with Crippen molar-refractivity contribution in [2.75, 3.05) is 0 Å². The minimum absolute atomic E-state index is 0.166. The first-order chi connectivity index (χ1) is 10.8. The summed E-state index contributed by atoms with van der Waals surface area (Å²) in [5.74, 6) is -0.615. The predicted octanol–water partition coefficient (Wildman–Crippen LogP) is 1.53. The van der Waals surface area contributed by atoms with Gasteiger partial charge in [-0.05, 0) is 30.7 Å². The normalized spacial score (nSPS) is 12.7. The zero-order valence-corrected chi connectivity index (χ0v) is 12.0. The van der Waals surface area contributed by atoms with Crippen molar-refractivity contribution in [2.24, 2.45) is 0 Å². The number of carbonyl (C=O) groups is 1. The van der Waals surface area contributed by atoms with Crippen molar-refractivity contribution in [2.45, 2.75) is 25.7 Å². The van der Waals surface area contributed by atoms with E-state index in [0.29, 0.717) is 10.7 Å². The van der Waals surface area contributed by atoms with E-state index in [0.717, 1.165) is 11.6 Å². The van der Waals surface area contributed by atoms with Gasteiger partial charge >= 0.3 is 6.18 Å². The maximum Gasteiger partial charge on any atom is 0.435 e. The number of alkyl halides is 3. The minimum Gasteiger partial charge on any atom is -0.350 e. The minimum atomic E-state index is -4.69. The first-order valence-electron chi connectivity index (χ1n) is 6.62. The number of halogens is 3. The number of pyridine rings is 1. The highest BCUT2D eigenvalue weighted by atomic mass is 19.4. The van der Waals surface area contributed by atoms with Crippen LogP contribution in [0.4, 0.5) is 13.2 Å². The van der Waals surface area contributed by atoms with E-state index in [1.54, 1.807) is 24.5 Å². The van der Waals surface area contributed by atoms with Gasteiger partial charge in [0.1, 0.15) is 6.04 Å². The van der Waals surface area contributed by atoms with Crippen molar-refractivity contribution in [3.8, 4) is 0 Å². The van der Waals surface area contributed by atoms with Crippen LogP contribution in [0.5, 0.6) is 0 Å². The highest BCUT2D eigenvalue weighted by Gasteiger charge is 2.34. The van der Waals surface area contributed by atoms with Crippen LogP contribution in [0.3, 0.4) is 0 Å². The molecular formula is C14H13F3N4O2. The van der Waals surface area contributed by atoms with Gasteiger partial charge in [0, 0.05) is 25.0 Å². The molecular weight excluding hydrogens is 313 g/mol. The van der Waals surface area contributed by atoms with Gasteiger partial charge in [-0.15, -0.1) is 0 Å². The molecule has 0 aromatic carbocycles. The molecule has 0 spiro atoms. The van der Waals surface area contributed by atoms with Gasteiger partial charge in [0.05, 0.1) is 0 Å². The molecule has 1 amide bonds. The first-order valence-corrected chi connectivity index (χ1v) is 6.62. The number of hydrogen-bond acceptors (Lipinski definition) is 4. The molecule has 0 aliphatic rings. The molecule has 0 saturated heterocycles. The van der Waals surface area contributed by atoms with Gasteiger partial charge in [-0.3, -0.25) is 14.6 Å². The van der Waals surface area contributed by atoms with Crippen LogP contribution in [0.25, 0.3) is 0 Å². The molecule has 0 fully saturated rings. The van der Waals surface area contributed by atoms with E-state index < -0.39 is 29.4 Å². The Bertz CT molecular complexity index is 744. The average Bonchev–Trinajstić information content (AvgIpc) is 2.52. The van der Waals surface area contributed by atoms with Crippen LogP contribution in [-0.4, -0.2) is 20.7 Å². The molecule has 2 heterocycles. The standard InChI is InChI=1S/C14H13F3N4O2/c1-9(13(23)19-8-10-4-6-18-7-5-10)21-12(22)3-2-11(20-21)14(15,16)17/h2-7,9H,8H2,1H3,(H,19,23). The summed E-state index contributed by atoms with van der Waals surface area (Å²) in [6, 6.07) is 3.51. The van der Waals surface area contributed by atoms with E-state index in [2.05, 4.69) is 15.4 Å². The second kappa shape index (κ2) is 6.59. The smallest absolute Gasteiger partial charge is 0.350 e. The molecule has 2 aromatic rings. The van der Waals surface area contributed by atoms with Crippen LogP contribution in [-0.2, 0) is 17.5 Å². The highest BCUT2D eigenvalue weighted by molar-refractivity contribution is 5.79. The summed E-state index contributed by atoms with van der Waals surface area (Å²) in [5.41, 5.74) is -1.25. The Morgan fingerprint density at radius 2 is 1.91 bits per heavy atom. The van der Waals surface area contributed by atoms with Crippen molar-refractivity contribution in [1.29, 1.82) is 0 Å². The fourth-order valence-electron chi connectivity index (χ4n) is 1.80. The number of hydrogen-bond donors (Lipinski definition) is 1. The number of nitrogens with one attached hydrogen (secondary N) is 1. The quantitative estimate of drug-likeness (QED) is 0.924. The molecule has 1 N–H and O–H groups in total. The summed E-state index contributed by atoms with van der Waals surface area (Å²) in [5, 5.41) is 5.76. The van der Waals surface area contributed by atoms with Crippen LogP contribution in [0.15, 0.2) is 41.5 Å². The zero-order valence-electron chi connectivity index (χ0n) is 12.0.